The van der Waals surface area contributed by atoms with Gasteiger partial charge in [-0.1, -0.05) is 0 Å². The number of carbonyl (C=O) groups is 2. The molecule has 2 rings (SSSR count). The molecule has 1 unspecified atom stereocenters. The number of anilines is 2. The lowest BCUT2D eigenvalue weighted by atomic mass is 10.2. The highest BCUT2D eigenvalue weighted by atomic mass is 19.4. The van der Waals surface area contributed by atoms with Crippen molar-refractivity contribution in [1.82, 2.24) is 15.3 Å². The van der Waals surface area contributed by atoms with Gasteiger partial charge in [0, 0.05) is 13.1 Å². The summed E-state index contributed by atoms with van der Waals surface area (Å²) >= 11 is 0. The topological polar surface area (TPSA) is 87.2 Å². The highest BCUT2D eigenvalue weighted by Gasteiger charge is 2.37. The molecule has 1 aliphatic rings. The van der Waals surface area contributed by atoms with E-state index in [-0.39, 0.29) is 18.2 Å². The summed E-state index contributed by atoms with van der Waals surface area (Å²) in [5.74, 6) is -2.73. The minimum atomic E-state index is -4.73. The highest BCUT2D eigenvalue weighted by Crippen LogP contribution is 2.29. The number of piperazine rings is 1. The number of amides is 2. The van der Waals surface area contributed by atoms with Crippen LogP contribution in [0.2, 0.25) is 0 Å². The molecular weight excluding hydrogens is 291 g/mol. The van der Waals surface area contributed by atoms with Crippen LogP contribution in [0.15, 0.2) is 6.07 Å². The molecule has 10 heteroatoms. The Morgan fingerprint density at radius 1 is 1.38 bits per heavy atom. The first-order valence-electron chi connectivity index (χ1n) is 5.96. The third kappa shape index (κ3) is 3.03. The maximum atomic E-state index is 12.8. The molecule has 1 aromatic heterocycles. The van der Waals surface area contributed by atoms with Crippen molar-refractivity contribution in [3.05, 3.63) is 11.9 Å². The van der Waals surface area contributed by atoms with Gasteiger partial charge in [-0.3, -0.25) is 14.9 Å². The zero-order valence-electron chi connectivity index (χ0n) is 11.2. The Morgan fingerprint density at radius 2 is 2.05 bits per heavy atom. The van der Waals surface area contributed by atoms with E-state index >= 15 is 0 Å². The van der Waals surface area contributed by atoms with Gasteiger partial charge in [0.05, 0.1) is 6.54 Å². The van der Waals surface area contributed by atoms with E-state index < -0.39 is 29.9 Å². The molecule has 2 amide bonds. The fourth-order valence-electron chi connectivity index (χ4n) is 1.83. The molecule has 2 heterocycles. The van der Waals surface area contributed by atoms with Crippen LogP contribution in [0.5, 0.6) is 0 Å². The molecule has 0 saturated carbocycles. The van der Waals surface area contributed by atoms with Crippen LogP contribution in [0.25, 0.3) is 0 Å². The maximum absolute atomic E-state index is 12.8. The second-order valence-electron chi connectivity index (χ2n) is 4.40. The Morgan fingerprint density at radius 3 is 2.62 bits per heavy atom. The standard InChI is InChI=1S/C11H12F3N5O2/c1-5-9(21)18-8(20)4-19(5)7-3-6(15-2)16-10(17-7)11(12,13)14/h3,5H,4H2,1-2H3,(H,15,16,17)(H,18,20,21). The molecule has 1 fully saturated rings. The number of carbonyl (C=O) groups excluding carboxylic acids is 2. The van der Waals surface area contributed by atoms with Crippen LogP contribution in [0, 0.1) is 0 Å². The Balaban J connectivity index is 2.47. The summed E-state index contributed by atoms with van der Waals surface area (Å²) in [6.07, 6.45) is -4.73. The van der Waals surface area contributed by atoms with E-state index in [0.717, 1.165) is 0 Å². The predicted molar refractivity (Wildman–Crippen MR) is 66.5 cm³/mol. The quantitative estimate of drug-likeness (QED) is 0.769. The van der Waals surface area contributed by atoms with Gasteiger partial charge in [-0.25, -0.2) is 9.97 Å². The average molecular weight is 303 g/mol. The van der Waals surface area contributed by atoms with E-state index in [9.17, 15) is 22.8 Å². The Kier molecular flexibility index (Phi) is 3.71. The van der Waals surface area contributed by atoms with Crippen LogP contribution < -0.4 is 15.5 Å². The molecule has 1 saturated heterocycles. The zero-order chi connectivity index (χ0) is 15.8. The number of imide groups is 1. The third-order valence-corrected chi connectivity index (χ3v) is 2.94. The van der Waals surface area contributed by atoms with Gasteiger partial charge in [0.2, 0.25) is 17.6 Å². The Hall–Kier alpha value is -2.39. The van der Waals surface area contributed by atoms with E-state index in [1.54, 1.807) is 0 Å². The SMILES string of the molecule is CNc1cc(N2CC(=O)NC(=O)C2C)nc(C(F)(F)F)n1. The fourth-order valence-corrected chi connectivity index (χ4v) is 1.83. The van der Waals surface area contributed by atoms with Gasteiger partial charge in [0.25, 0.3) is 0 Å². The Bertz CT molecular complexity index is 590. The average Bonchev–Trinajstić information content (AvgIpc) is 2.41. The highest BCUT2D eigenvalue weighted by molar-refractivity contribution is 6.04. The number of alkyl halides is 3. The van der Waals surface area contributed by atoms with E-state index in [0.29, 0.717) is 0 Å². The second-order valence-corrected chi connectivity index (χ2v) is 4.40. The number of halogens is 3. The van der Waals surface area contributed by atoms with Crippen LogP contribution in [-0.2, 0) is 15.8 Å². The summed E-state index contributed by atoms with van der Waals surface area (Å²) < 4.78 is 38.4. The lowest BCUT2D eigenvalue weighted by Crippen LogP contribution is -2.57. The van der Waals surface area contributed by atoms with Crippen LogP contribution in [0.1, 0.15) is 12.7 Å². The molecule has 1 aliphatic heterocycles. The fraction of sp³-hybridized carbons (Fsp3) is 0.455. The number of nitrogens with zero attached hydrogens (tertiary/aromatic N) is 3. The van der Waals surface area contributed by atoms with Crippen LogP contribution in [0.4, 0.5) is 24.8 Å². The smallest absolute Gasteiger partial charge is 0.373 e. The first-order valence-corrected chi connectivity index (χ1v) is 5.96. The van der Waals surface area contributed by atoms with Crippen LogP contribution in [0.3, 0.4) is 0 Å². The molecular formula is C11H12F3N5O2. The molecule has 1 atom stereocenters. The first kappa shape index (κ1) is 15.0. The van der Waals surface area contributed by atoms with Gasteiger partial charge in [-0.15, -0.1) is 0 Å². The van der Waals surface area contributed by atoms with Gasteiger partial charge in [-0.2, -0.15) is 13.2 Å². The molecule has 1 aromatic rings. The van der Waals surface area contributed by atoms with Gasteiger partial charge >= 0.3 is 6.18 Å². The van der Waals surface area contributed by atoms with Crippen molar-refractivity contribution in [2.75, 3.05) is 23.8 Å². The lowest BCUT2D eigenvalue weighted by molar-refractivity contribution is -0.144. The van der Waals surface area contributed by atoms with E-state index in [4.69, 9.17) is 0 Å². The van der Waals surface area contributed by atoms with Crippen molar-refractivity contribution < 1.29 is 22.8 Å². The number of hydrogen-bond acceptors (Lipinski definition) is 6. The van der Waals surface area contributed by atoms with Crippen molar-refractivity contribution in [3.63, 3.8) is 0 Å². The molecule has 21 heavy (non-hydrogen) atoms. The third-order valence-electron chi connectivity index (χ3n) is 2.94. The van der Waals surface area contributed by atoms with Gasteiger partial charge in [0.15, 0.2) is 0 Å². The number of aromatic nitrogens is 2. The molecule has 0 aromatic carbocycles. The predicted octanol–water partition coefficient (Wildman–Crippen LogP) is 0.388. The summed E-state index contributed by atoms with van der Waals surface area (Å²) in [5, 5.41) is 4.59. The van der Waals surface area contributed by atoms with Crippen molar-refractivity contribution in [2.45, 2.75) is 19.1 Å². The largest absolute Gasteiger partial charge is 0.451 e. The number of hydrogen-bond donors (Lipinski definition) is 2. The van der Waals surface area contributed by atoms with E-state index in [1.165, 1.54) is 24.9 Å². The minimum absolute atomic E-state index is 0.0574. The molecule has 114 valence electrons. The summed E-state index contributed by atoms with van der Waals surface area (Å²) in [6.45, 7) is 1.21. The monoisotopic (exact) mass is 303 g/mol. The van der Waals surface area contributed by atoms with Crippen molar-refractivity contribution in [1.29, 1.82) is 0 Å². The van der Waals surface area contributed by atoms with Crippen LogP contribution >= 0.6 is 0 Å². The van der Waals surface area contributed by atoms with E-state index in [2.05, 4.69) is 20.6 Å². The first-order chi connectivity index (χ1) is 9.72. The van der Waals surface area contributed by atoms with Crippen molar-refractivity contribution >= 4 is 23.5 Å². The van der Waals surface area contributed by atoms with Crippen molar-refractivity contribution in [2.24, 2.45) is 0 Å². The molecule has 7 nitrogen and oxygen atoms in total. The summed E-state index contributed by atoms with van der Waals surface area (Å²) in [5.41, 5.74) is 0. The molecule has 2 N–H and O–H groups in total. The molecule has 0 spiro atoms. The van der Waals surface area contributed by atoms with Gasteiger partial charge in [-0.05, 0) is 6.92 Å². The van der Waals surface area contributed by atoms with E-state index in [1.807, 2.05) is 0 Å². The summed E-state index contributed by atoms with van der Waals surface area (Å²) in [4.78, 5) is 30.9. The summed E-state index contributed by atoms with van der Waals surface area (Å²) in [6, 6.07) is 0.431. The van der Waals surface area contributed by atoms with Gasteiger partial charge in [0.1, 0.15) is 17.7 Å². The number of nitrogens with one attached hydrogen (secondary N) is 2. The maximum Gasteiger partial charge on any atom is 0.451 e. The zero-order valence-corrected chi connectivity index (χ0v) is 11.2. The molecule has 0 bridgehead atoms. The normalized spacial score (nSPS) is 19.5. The molecule has 0 radical (unpaired) electrons. The van der Waals surface area contributed by atoms with Crippen molar-refractivity contribution in [3.8, 4) is 0 Å². The molecule has 0 aliphatic carbocycles. The van der Waals surface area contributed by atoms with Crippen LogP contribution in [-0.4, -0.2) is 41.4 Å². The van der Waals surface area contributed by atoms with Gasteiger partial charge < -0.3 is 10.2 Å². The Labute approximate surface area is 117 Å². The summed E-state index contributed by atoms with van der Waals surface area (Å²) in [7, 11) is 1.41. The minimum Gasteiger partial charge on any atom is -0.373 e. The number of rotatable bonds is 2. The second kappa shape index (κ2) is 5.19. The lowest BCUT2D eigenvalue weighted by Gasteiger charge is -2.32.